The Morgan fingerprint density at radius 3 is 2.10 bits per heavy atom. The first kappa shape index (κ1) is 19.2. The van der Waals surface area contributed by atoms with Gasteiger partial charge in [0, 0.05) is 30.2 Å². The van der Waals surface area contributed by atoms with Gasteiger partial charge in [0.15, 0.2) is 5.82 Å². The quantitative estimate of drug-likeness (QED) is 0.622. The summed E-state index contributed by atoms with van der Waals surface area (Å²) in [4.78, 5) is 6.95. The van der Waals surface area contributed by atoms with Gasteiger partial charge in [0.1, 0.15) is 0 Å². The van der Waals surface area contributed by atoms with Crippen LogP contribution in [0.4, 0.5) is 28.8 Å². The number of nitrogens with one attached hydrogen (secondary N) is 2. The largest absolute Gasteiger partial charge is 0.372 e. The molecule has 29 heavy (non-hydrogen) atoms. The van der Waals surface area contributed by atoms with Crippen LogP contribution in [0.25, 0.3) is 0 Å². The second-order valence-corrected chi connectivity index (χ2v) is 8.48. The van der Waals surface area contributed by atoms with Gasteiger partial charge in [0.25, 0.3) is 0 Å². The van der Waals surface area contributed by atoms with Gasteiger partial charge in [-0.25, -0.2) is 0 Å². The van der Waals surface area contributed by atoms with Crippen molar-refractivity contribution in [3.8, 4) is 0 Å². The van der Waals surface area contributed by atoms with Gasteiger partial charge in [-0.3, -0.25) is 0 Å². The molecular formula is C23H28N6. The predicted molar refractivity (Wildman–Crippen MR) is 119 cm³/mol. The van der Waals surface area contributed by atoms with E-state index in [9.17, 15) is 0 Å². The van der Waals surface area contributed by atoms with E-state index in [0.717, 1.165) is 24.5 Å². The summed E-state index contributed by atoms with van der Waals surface area (Å²) in [6.45, 7) is 8.91. The maximum Gasteiger partial charge on any atom is 0.249 e. The zero-order chi connectivity index (χ0) is 20.3. The van der Waals surface area contributed by atoms with E-state index in [1.807, 2.05) is 12.1 Å². The lowest BCUT2D eigenvalue weighted by atomic mass is 9.87. The van der Waals surface area contributed by atoms with E-state index in [-0.39, 0.29) is 5.41 Å². The lowest BCUT2D eigenvalue weighted by molar-refractivity contribution is 0.590. The molecule has 1 aromatic heterocycles. The van der Waals surface area contributed by atoms with Crippen molar-refractivity contribution < 1.29 is 0 Å². The summed E-state index contributed by atoms with van der Waals surface area (Å²) in [5, 5.41) is 14.7. The number of benzene rings is 2. The number of hydrogen-bond donors (Lipinski definition) is 2. The minimum absolute atomic E-state index is 0.130. The van der Waals surface area contributed by atoms with Crippen LogP contribution in [-0.2, 0) is 5.41 Å². The zero-order valence-corrected chi connectivity index (χ0v) is 17.3. The van der Waals surface area contributed by atoms with Crippen LogP contribution in [0.1, 0.15) is 39.2 Å². The lowest BCUT2D eigenvalue weighted by Gasteiger charge is -2.19. The summed E-state index contributed by atoms with van der Waals surface area (Å²) in [5.74, 6) is 1.12. The van der Waals surface area contributed by atoms with E-state index in [0.29, 0.717) is 11.8 Å². The summed E-state index contributed by atoms with van der Waals surface area (Å²) in [6.07, 6.45) is 4.19. The molecule has 150 valence electrons. The Bertz CT molecular complexity index is 938. The van der Waals surface area contributed by atoms with Gasteiger partial charge in [0.2, 0.25) is 5.95 Å². The van der Waals surface area contributed by atoms with Crippen LogP contribution in [0.15, 0.2) is 54.7 Å². The highest BCUT2D eigenvalue weighted by Crippen LogP contribution is 2.25. The zero-order valence-electron chi connectivity index (χ0n) is 17.3. The average molecular weight is 389 g/mol. The number of rotatable bonds is 5. The van der Waals surface area contributed by atoms with Crippen LogP contribution in [0.2, 0.25) is 0 Å². The van der Waals surface area contributed by atoms with Gasteiger partial charge in [-0.2, -0.15) is 10.1 Å². The van der Waals surface area contributed by atoms with E-state index >= 15 is 0 Å². The van der Waals surface area contributed by atoms with Crippen molar-refractivity contribution in [2.75, 3.05) is 28.6 Å². The fourth-order valence-electron chi connectivity index (χ4n) is 3.48. The molecule has 0 atom stereocenters. The molecule has 0 spiro atoms. The van der Waals surface area contributed by atoms with E-state index in [1.165, 1.54) is 24.1 Å². The Hall–Kier alpha value is -3.15. The molecule has 1 aliphatic rings. The average Bonchev–Trinajstić information content (AvgIpc) is 3.23. The molecule has 0 amide bonds. The lowest BCUT2D eigenvalue weighted by Crippen LogP contribution is -2.17. The Morgan fingerprint density at radius 1 is 0.828 bits per heavy atom. The first-order valence-corrected chi connectivity index (χ1v) is 10.2. The Balaban J connectivity index is 1.42. The summed E-state index contributed by atoms with van der Waals surface area (Å²) >= 11 is 0. The highest BCUT2D eigenvalue weighted by molar-refractivity contribution is 5.62. The Kier molecular flexibility index (Phi) is 5.34. The third-order valence-electron chi connectivity index (χ3n) is 5.18. The molecule has 1 aliphatic heterocycles. The number of aromatic nitrogens is 3. The molecule has 6 heteroatoms. The van der Waals surface area contributed by atoms with Crippen molar-refractivity contribution in [1.29, 1.82) is 0 Å². The highest BCUT2D eigenvalue weighted by atomic mass is 15.3. The van der Waals surface area contributed by atoms with E-state index in [4.69, 9.17) is 0 Å². The molecule has 0 radical (unpaired) electrons. The third kappa shape index (κ3) is 4.83. The highest BCUT2D eigenvalue weighted by Gasteiger charge is 2.13. The maximum absolute atomic E-state index is 4.53. The molecule has 3 aromatic rings. The normalized spacial score (nSPS) is 14.1. The van der Waals surface area contributed by atoms with Gasteiger partial charge in [-0.05, 0) is 60.2 Å². The molecule has 2 aromatic carbocycles. The van der Waals surface area contributed by atoms with Crippen molar-refractivity contribution in [3.63, 3.8) is 0 Å². The predicted octanol–water partition coefficient (Wildman–Crippen LogP) is 5.26. The fraction of sp³-hybridized carbons (Fsp3) is 0.348. The van der Waals surface area contributed by atoms with E-state index < -0.39 is 0 Å². The molecule has 2 N–H and O–H groups in total. The van der Waals surface area contributed by atoms with Crippen molar-refractivity contribution in [3.05, 3.63) is 60.3 Å². The molecule has 6 nitrogen and oxygen atoms in total. The van der Waals surface area contributed by atoms with Gasteiger partial charge in [0.05, 0.1) is 6.20 Å². The van der Waals surface area contributed by atoms with Crippen LogP contribution in [0, 0.1) is 0 Å². The molecule has 1 fully saturated rings. The minimum atomic E-state index is 0.130. The molecule has 4 rings (SSSR count). The van der Waals surface area contributed by atoms with Crippen LogP contribution < -0.4 is 15.5 Å². The van der Waals surface area contributed by atoms with Crippen LogP contribution in [-0.4, -0.2) is 28.3 Å². The standard InChI is InChI=1S/C23H28N6/c1-23(2,3)17-6-8-19(9-7-17)26-22-27-21(16-24-28-22)25-18-10-12-20(13-11-18)29-14-4-5-15-29/h6-13,16H,4-5,14-15H2,1-3H3,(H2,25,26,27,28). The summed E-state index contributed by atoms with van der Waals surface area (Å²) in [6, 6.07) is 16.8. The van der Waals surface area contributed by atoms with Crippen molar-refractivity contribution in [2.24, 2.45) is 0 Å². The number of hydrogen-bond acceptors (Lipinski definition) is 6. The smallest absolute Gasteiger partial charge is 0.249 e. The van der Waals surface area contributed by atoms with Crippen LogP contribution >= 0.6 is 0 Å². The van der Waals surface area contributed by atoms with Crippen molar-refractivity contribution in [2.45, 2.75) is 39.0 Å². The van der Waals surface area contributed by atoms with E-state index in [1.54, 1.807) is 6.20 Å². The summed E-state index contributed by atoms with van der Waals surface area (Å²) in [7, 11) is 0. The molecule has 2 heterocycles. The Labute approximate surface area is 172 Å². The molecule has 1 saturated heterocycles. The number of nitrogens with zero attached hydrogens (tertiary/aromatic N) is 4. The first-order chi connectivity index (χ1) is 14.0. The van der Waals surface area contributed by atoms with Crippen molar-refractivity contribution >= 4 is 28.8 Å². The van der Waals surface area contributed by atoms with E-state index in [2.05, 4.69) is 87.9 Å². The Morgan fingerprint density at radius 2 is 1.45 bits per heavy atom. The fourth-order valence-corrected chi connectivity index (χ4v) is 3.48. The number of anilines is 5. The maximum atomic E-state index is 4.53. The monoisotopic (exact) mass is 388 g/mol. The molecule has 0 saturated carbocycles. The minimum Gasteiger partial charge on any atom is -0.372 e. The SMILES string of the molecule is CC(C)(C)c1ccc(Nc2nncc(Nc3ccc(N4CCCC4)cc3)n2)cc1. The molecule has 0 bridgehead atoms. The topological polar surface area (TPSA) is 66.0 Å². The van der Waals surface area contributed by atoms with Gasteiger partial charge in [-0.15, -0.1) is 5.10 Å². The summed E-state index contributed by atoms with van der Waals surface area (Å²) < 4.78 is 0. The summed E-state index contributed by atoms with van der Waals surface area (Å²) in [5.41, 5.74) is 4.61. The third-order valence-corrected chi connectivity index (χ3v) is 5.18. The second-order valence-electron chi connectivity index (χ2n) is 8.48. The van der Waals surface area contributed by atoms with Crippen LogP contribution in [0.5, 0.6) is 0 Å². The second kappa shape index (κ2) is 8.07. The van der Waals surface area contributed by atoms with Crippen molar-refractivity contribution in [1.82, 2.24) is 15.2 Å². The molecule has 0 aliphatic carbocycles. The molecular weight excluding hydrogens is 360 g/mol. The molecule has 0 unspecified atom stereocenters. The van der Waals surface area contributed by atoms with Gasteiger partial charge < -0.3 is 15.5 Å². The van der Waals surface area contributed by atoms with Gasteiger partial charge >= 0.3 is 0 Å². The van der Waals surface area contributed by atoms with Gasteiger partial charge in [-0.1, -0.05) is 32.9 Å². The first-order valence-electron chi connectivity index (χ1n) is 10.2. The van der Waals surface area contributed by atoms with Crippen LogP contribution in [0.3, 0.4) is 0 Å².